The maximum atomic E-state index is 14.8. The number of alkyl halides is 1. The Hall–Kier alpha value is -4.00. The number of carbonyl (C=O) groups is 1. The van der Waals surface area contributed by atoms with Crippen molar-refractivity contribution in [2.75, 3.05) is 49.6 Å². The fourth-order valence-corrected chi connectivity index (χ4v) is 8.73. The Morgan fingerprint density at radius 3 is 2.53 bits per heavy atom. The van der Waals surface area contributed by atoms with Crippen LogP contribution in [0.4, 0.5) is 26.0 Å². The molecule has 4 aliphatic heterocycles. The number of imidazole rings is 1. The number of amides is 1. The Morgan fingerprint density at radius 2 is 1.84 bits per heavy atom. The second-order valence-electron chi connectivity index (χ2n) is 14.8. The highest BCUT2D eigenvalue weighted by Gasteiger charge is 2.56. The van der Waals surface area contributed by atoms with Crippen LogP contribution in [0.1, 0.15) is 57.6 Å². The Balaban J connectivity index is 1.10. The van der Waals surface area contributed by atoms with Crippen LogP contribution in [0, 0.1) is 5.82 Å². The van der Waals surface area contributed by atoms with E-state index >= 15 is 0 Å². The van der Waals surface area contributed by atoms with Crippen molar-refractivity contribution < 1.29 is 18.3 Å². The first kappa shape index (κ1) is 31.0. The molecule has 3 aromatic heterocycles. The smallest absolute Gasteiger partial charge is 0.238 e. The summed E-state index contributed by atoms with van der Waals surface area (Å²) >= 11 is 0. The third kappa shape index (κ3) is 5.05. The first-order chi connectivity index (χ1) is 23.8. The standard InChI is InChI=1S/C37H42F2N8O2/c1-22(2)46-21-41-32-16-31(43-35(34(32)46)42-30-5-9-40-17-29(30)39)23-3-4-28-33(13-23)47(26-14-25(15-26)45-10-6-24(38)18-45)36(48)37(28)7-11-44(12-8-37)27-19-49-20-27/h3-5,9,13,16-17,21-22,24-27H,6-8,10-12,14-15,18-20H2,1-2H3,(H,40,42,43)/t24-,25-,26+/m1/s1. The van der Waals surface area contributed by atoms with Crippen molar-refractivity contribution in [3.63, 3.8) is 0 Å². The summed E-state index contributed by atoms with van der Waals surface area (Å²) in [6.07, 6.45) is 7.62. The van der Waals surface area contributed by atoms with Crippen molar-refractivity contribution in [2.45, 2.75) is 81.7 Å². The molecule has 49 heavy (non-hydrogen) atoms. The van der Waals surface area contributed by atoms with Crippen LogP contribution in [-0.4, -0.2) is 98.9 Å². The van der Waals surface area contributed by atoms with Gasteiger partial charge in [0, 0.05) is 48.7 Å². The first-order valence-corrected chi connectivity index (χ1v) is 17.7. The zero-order valence-corrected chi connectivity index (χ0v) is 28.0. The number of hydrogen-bond donors (Lipinski definition) is 1. The molecule has 1 atom stereocenters. The molecule has 1 amide bonds. The molecule has 4 fully saturated rings. The van der Waals surface area contributed by atoms with Crippen LogP contribution in [0.15, 0.2) is 49.1 Å². The molecule has 4 aromatic rings. The molecule has 3 saturated heterocycles. The van der Waals surface area contributed by atoms with Crippen LogP contribution in [-0.2, 0) is 14.9 Å². The van der Waals surface area contributed by atoms with Gasteiger partial charge in [-0.2, -0.15) is 0 Å². The average Bonchev–Trinajstić information content (AvgIpc) is 3.74. The monoisotopic (exact) mass is 668 g/mol. The van der Waals surface area contributed by atoms with Crippen LogP contribution < -0.4 is 10.2 Å². The molecule has 1 aliphatic carbocycles. The van der Waals surface area contributed by atoms with E-state index in [2.05, 4.69) is 57.0 Å². The summed E-state index contributed by atoms with van der Waals surface area (Å²) in [5.41, 5.74) is 4.86. The molecule has 1 aromatic carbocycles. The van der Waals surface area contributed by atoms with Crippen LogP contribution in [0.3, 0.4) is 0 Å². The number of ether oxygens (including phenoxy) is 1. The minimum Gasteiger partial charge on any atom is -0.378 e. The van der Waals surface area contributed by atoms with Gasteiger partial charge in [-0.05, 0) is 82.8 Å². The molecule has 10 nitrogen and oxygen atoms in total. The zero-order chi connectivity index (χ0) is 33.4. The molecule has 0 radical (unpaired) electrons. The van der Waals surface area contributed by atoms with Crippen molar-refractivity contribution in [1.29, 1.82) is 0 Å². The molecule has 1 N–H and O–H groups in total. The van der Waals surface area contributed by atoms with Gasteiger partial charge in [0.25, 0.3) is 0 Å². The number of nitrogens with zero attached hydrogens (tertiary/aromatic N) is 7. The highest BCUT2D eigenvalue weighted by Crippen LogP contribution is 2.52. The fraction of sp³-hybridized carbons (Fsp3) is 0.514. The predicted molar refractivity (Wildman–Crippen MR) is 183 cm³/mol. The Labute approximate surface area is 284 Å². The number of fused-ring (bicyclic) bond motifs is 3. The van der Waals surface area contributed by atoms with Gasteiger partial charge in [0.2, 0.25) is 5.91 Å². The molecular formula is C37H42F2N8O2. The van der Waals surface area contributed by atoms with Crippen molar-refractivity contribution >= 4 is 34.1 Å². The number of rotatable bonds is 7. The van der Waals surface area contributed by atoms with Gasteiger partial charge in [0.1, 0.15) is 11.7 Å². The number of nitrogens with one attached hydrogen (secondary N) is 1. The number of anilines is 3. The first-order valence-electron chi connectivity index (χ1n) is 17.7. The van der Waals surface area contributed by atoms with E-state index in [0.717, 1.165) is 86.4 Å². The normalized spacial score (nSPS) is 25.7. The molecule has 1 saturated carbocycles. The second kappa shape index (κ2) is 11.8. The quantitative estimate of drug-likeness (QED) is 0.272. The number of likely N-dealkylation sites (tertiary alicyclic amines) is 2. The van der Waals surface area contributed by atoms with Crippen molar-refractivity contribution in [3.8, 4) is 11.3 Å². The van der Waals surface area contributed by atoms with Crippen LogP contribution in [0.25, 0.3) is 22.3 Å². The number of benzene rings is 1. The van der Waals surface area contributed by atoms with E-state index in [1.165, 1.54) is 6.20 Å². The van der Waals surface area contributed by atoms with Crippen LogP contribution in [0.5, 0.6) is 0 Å². The van der Waals surface area contributed by atoms with E-state index in [1.807, 2.05) is 10.6 Å². The van der Waals surface area contributed by atoms with E-state index in [4.69, 9.17) is 14.7 Å². The van der Waals surface area contributed by atoms with Gasteiger partial charge < -0.3 is 19.5 Å². The third-order valence-corrected chi connectivity index (χ3v) is 11.8. The number of hydrogen-bond acceptors (Lipinski definition) is 8. The van der Waals surface area contributed by atoms with E-state index in [-0.39, 0.29) is 23.7 Å². The van der Waals surface area contributed by atoms with Gasteiger partial charge in [-0.25, -0.2) is 18.7 Å². The lowest BCUT2D eigenvalue weighted by Gasteiger charge is -2.47. The number of pyridine rings is 2. The van der Waals surface area contributed by atoms with E-state index in [0.29, 0.717) is 36.6 Å². The molecule has 7 heterocycles. The Morgan fingerprint density at radius 1 is 1.02 bits per heavy atom. The van der Waals surface area contributed by atoms with E-state index in [1.54, 1.807) is 18.6 Å². The highest BCUT2D eigenvalue weighted by molar-refractivity contribution is 6.09. The van der Waals surface area contributed by atoms with E-state index in [9.17, 15) is 13.6 Å². The lowest BCUT2D eigenvalue weighted by molar-refractivity contribution is -0.128. The van der Waals surface area contributed by atoms with Crippen molar-refractivity contribution in [1.82, 2.24) is 29.3 Å². The van der Waals surface area contributed by atoms with E-state index < -0.39 is 17.4 Å². The number of piperidine rings is 1. The highest BCUT2D eigenvalue weighted by atomic mass is 19.1. The maximum Gasteiger partial charge on any atom is 0.238 e. The molecule has 256 valence electrons. The summed E-state index contributed by atoms with van der Waals surface area (Å²) in [5.74, 6) is 0.229. The molecule has 9 rings (SSSR count). The summed E-state index contributed by atoms with van der Waals surface area (Å²) in [6.45, 7) is 8.70. The van der Waals surface area contributed by atoms with Gasteiger partial charge in [0.05, 0.1) is 54.1 Å². The molecule has 5 aliphatic rings. The lowest BCUT2D eigenvalue weighted by Crippen LogP contribution is -2.59. The maximum absolute atomic E-state index is 14.8. The van der Waals surface area contributed by atoms with Gasteiger partial charge in [-0.3, -0.25) is 19.6 Å². The number of carbonyl (C=O) groups excluding carboxylic acids is 1. The second-order valence-corrected chi connectivity index (χ2v) is 14.8. The van der Waals surface area contributed by atoms with Gasteiger partial charge >= 0.3 is 0 Å². The number of aromatic nitrogens is 4. The van der Waals surface area contributed by atoms with Crippen LogP contribution in [0.2, 0.25) is 0 Å². The average molecular weight is 669 g/mol. The van der Waals surface area contributed by atoms with Gasteiger partial charge in [-0.1, -0.05) is 12.1 Å². The zero-order valence-electron chi connectivity index (χ0n) is 28.0. The molecule has 0 unspecified atom stereocenters. The van der Waals surface area contributed by atoms with Crippen LogP contribution >= 0.6 is 0 Å². The lowest BCUT2D eigenvalue weighted by atomic mass is 9.73. The summed E-state index contributed by atoms with van der Waals surface area (Å²) in [6, 6.07) is 10.8. The fourth-order valence-electron chi connectivity index (χ4n) is 8.73. The summed E-state index contributed by atoms with van der Waals surface area (Å²) in [5, 5.41) is 3.22. The molecular weight excluding hydrogens is 626 g/mol. The summed E-state index contributed by atoms with van der Waals surface area (Å²) in [7, 11) is 0. The summed E-state index contributed by atoms with van der Waals surface area (Å²) in [4.78, 5) is 35.2. The van der Waals surface area contributed by atoms with Gasteiger partial charge in [-0.15, -0.1) is 0 Å². The molecule has 0 bridgehead atoms. The largest absolute Gasteiger partial charge is 0.378 e. The topological polar surface area (TPSA) is 91.7 Å². The SMILES string of the molecule is CC(C)n1cnc2cc(-c3ccc4c(c3)N([C@H]3C[C@@H](N5CC[C@@H](F)C5)C3)C(=O)C43CCN(C4COC4)CC3)nc(Nc3ccncc3F)c21. The molecule has 12 heteroatoms. The minimum absolute atomic E-state index is 0.0756. The Bertz CT molecular complexity index is 1910. The van der Waals surface area contributed by atoms with Crippen molar-refractivity contribution in [3.05, 3.63) is 60.4 Å². The third-order valence-electron chi connectivity index (χ3n) is 11.8. The Kier molecular flexibility index (Phi) is 7.47. The minimum atomic E-state index is -0.753. The number of halogens is 2. The van der Waals surface area contributed by atoms with Gasteiger partial charge in [0.15, 0.2) is 11.6 Å². The van der Waals surface area contributed by atoms with Crippen molar-refractivity contribution in [2.24, 2.45) is 0 Å². The summed E-state index contributed by atoms with van der Waals surface area (Å²) < 4.78 is 36.4. The molecule has 1 spiro atoms. The predicted octanol–water partition coefficient (Wildman–Crippen LogP) is 5.61.